The van der Waals surface area contributed by atoms with Crippen LogP contribution in [0.25, 0.3) is 0 Å². The zero-order chi connectivity index (χ0) is 11.8. The molecule has 2 N–H and O–H groups in total. The number of nitrogens with two attached hydrogens (primary N) is 1. The fourth-order valence-electron chi connectivity index (χ4n) is 1.74. The predicted octanol–water partition coefficient (Wildman–Crippen LogP) is 0.856. The number of guanidine groups is 1. The molecule has 0 aliphatic heterocycles. The number of rotatable bonds is 4. The van der Waals surface area contributed by atoms with Gasteiger partial charge in [-0.25, -0.2) is 4.99 Å². The van der Waals surface area contributed by atoms with E-state index in [1.54, 1.807) is 0 Å². The van der Waals surface area contributed by atoms with Gasteiger partial charge in [-0.2, -0.15) is 4.98 Å². The summed E-state index contributed by atoms with van der Waals surface area (Å²) in [5.74, 6) is 2.43. The SMILES string of the molecule is CN(C(N)=NCc1noc(C2CC2)n1)C1CC1. The molecule has 0 spiro atoms. The van der Waals surface area contributed by atoms with E-state index in [0.29, 0.717) is 30.3 Å². The van der Waals surface area contributed by atoms with Gasteiger partial charge in [0.1, 0.15) is 6.54 Å². The molecule has 2 aliphatic carbocycles. The van der Waals surface area contributed by atoms with Gasteiger partial charge in [-0.05, 0) is 25.7 Å². The lowest BCUT2D eigenvalue weighted by atomic mass is 10.4. The first-order valence-corrected chi connectivity index (χ1v) is 6.09. The van der Waals surface area contributed by atoms with Crippen LogP contribution in [0, 0.1) is 0 Å². The molecule has 0 unspecified atom stereocenters. The summed E-state index contributed by atoms with van der Waals surface area (Å²) in [6, 6.07) is 0.575. The third-order valence-electron chi connectivity index (χ3n) is 3.25. The van der Waals surface area contributed by atoms with E-state index in [4.69, 9.17) is 10.3 Å². The highest BCUT2D eigenvalue weighted by atomic mass is 16.5. The smallest absolute Gasteiger partial charge is 0.229 e. The monoisotopic (exact) mass is 235 g/mol. The van der Waals surface area contributed by atoms with Crippen LogP contribution < -0.4 is 5.73 Å². The largest absolute Gasteiger partial charge is 0.370 e. The topological polar surface area (TPSA) is 80.5 Å². The minimum atomic E-state index is 0.402. The highest BCUT2D eigenvalue weighted by Gasteiger charge is 2.30. The number of aromatic nitrogens is 2. The van der Waals surface area contributed by atoms with Crippen molar-refractivity contribution in [1.29, 1.82) is 0 Å². The molecule has 0 amide bonds. The fraction of sp³-hybridized carbons (Fsp3) is 0.727. The standard InChI is InChI=1S/C11H17N5O/c1-16(8-4-5-8)11(12)13-6-9-14-10(17-15-9)7-2-3-7/h7-8H,2-6H2,1H3,(H2,12,13). The van der Waals surface area contributed by atoms with Gasteiger partial charge in [0.15, 0.2) is 11.8 Å². The third kappa shape index (κ3) is 2.40. The number of nitrogens with zero attached hydrogens (tertiary/aromatic N) is 4. The predicted molar refractivity (Wildman–Crippen MR) is 62.4 cm³/mol. The Hall–Kier alpha value is -1.59. The lowest BCUT2D eigenvalue weighted by molar-refractivity contribution is 0.374. The minimum Gasteiger partial charge on any atom is -0.370 e. The first-order valence-electron chi connectivity index (χ1n) is 6.09. The Morgan fingerprint density at radius 2 is 2.24 bits per heavy atom. The molecule has 6 heteroatoms. The molecule has 1 aromatic rings. The highest BCUT2D eigenvalue weighted by molar-refractivity contribution is 5.78. The molecule has 1 heterocycles. The Kier molecular flexibility index (Phi) is 2.49. The molecule has 2 fully saturated rings. The number of aliphatic imine (C=N–C) groups is 1. The maximum absolute atomic E-state index is 5.87. The van der Waals surface area contributed by atoms with E-state index in [2.05, 4.69) is 15.1 Å². The summed E-state index contributed by atoms with van der Waals surface area (Å²) in [4.78, 5) is 10.6. The second-order valence-electron chi connectivity index (χ2n) is 4.84. The normalized spacial score (nSPS) is 20.6. The van der Waals surface area contributed by atoms with Crippen LogP contribution in [0.15, 0.2) is 9.52 Å². The molecule has 0 atom stereocenters. The summed E-state index contributed by atoms with van der Waals surface area (Å²) in [5, 5.41) is 3.90. The maximum Gasteiger partial charge on any atom is 0.229 e. The molecule has 3 rings (SSSR count). The lowest BCUT2D eigenvalue weighted by Crippen LogP contribution is -2.35. The molecule has 17 heavy (non-hydrogen) atoms. The Labute approximate surface area is 99.9 Å². The van der Waals surface area contributed by atoms with Crippen LogP contribution in [0.2, 0.25) is 0 Å². The molecule has 0 bridgehead atoms. The van der Waals surface area contributed by atoms with Crippen LogP contribution in [0.5, 0.6) is 0 Å². The zero-order valence-corrected chi connectivity index (χ0v) is 9.96. The van der Waals surface area contributed by atoms with E-state index in [9.17, 15) is 0 Å². The second kappa shape index (κ2) is 4.01. The Morgan fingerprint density at radius 3 is 2.88 bits per heavy atom. The quantitative estimate of drug-likeness (QED) is 0.618. The highest BCUT2D eigenvalue weighted by Crippen LogP contribution is 2.38. The molecule has 92 valence electrons. The van der Waals surface area contributed by atoms with Gasteiger partial charge in [-0.3, -0.25) is 0 Å². The van der Waals surface area contributed by atoms with Crippen LogP contribution in [0.3, 0.4) is 0 Å². The van der Waals surface area contributed by atoms with E-state index in [1.807, 2.05) is 11.9 Å². The van der Waals surface area contributed by atoms with Crippen molar-refractivity contribution in [3.05, 3.63) is 11.7 Å². The van der Waals surface area contributed by atoms with Crippen LogP contribution in [0.4, 0.5) is 0 Å². The Morgan fingerprint density at radius 1 is 1.47 bits per heavy atom. The van der Waals surface area contributed by atoms with Gasteiger partial charge < -0.3 is 15.2 Å². The van der Waals surface area contributed by atoms with Crippen molar-refractivity contribution in [3.63, 3.8) is 0 Å². The van der Waals surface area contributed by atoms with Gasteiger partial charge in [0.05, 0.1) is 0 Å². The maximum atomic E-state index is 5.87. The third-order valence-corrected chi connectivity index (χ3v) is 3.25. The van der Waals surface area contributed by atoms with Crippen molar-refractivity contribution >= 4 is 5.96 Å². The molecule has 0 radical (unpaired) electrons. The van der Waals surface area contributed by atoms with Gasteiger partial charge in [0, 0.05) is 19.0 Å². The van der Waals surface area contributed by atoms with Crippen molar-refractivity contribution in [3.8, 4) is 0 Å². The van der Waals surface area contributed by atoms with Gasteiger partial charge in [-0.1, -0.05) is 5.16 Å². The van der Waals surface area contributed by atoms with Crippen molar-refractivity contribution in [1.82, 2.24) is 15.0 Å². The first-order chi connectivity index (χ1) is 8.24. The van der Waals surface area contributed by atoms with Crippen LogP contribution in [-0.2, 0) is 6.54 Å². The molecule has 0 saturated heterocycles. The zero-order valence-electron chi connectivity index (χ0n) is 9.96. The summed E-state index contributed by atoms with van der Waals surface area (Å²) in [7, 11) is 1.97. The fourth-order valence-corrected chi connectivity index (χ4v) is 1.74. The van der Waals surface area contributed by atoms with Crippen molar-refractivity contribution in [2.24, 2.45) is 10.7 Å². The average Bonchev–Trinajstić information content (AvgIpc) is 3.23. The molecule has 2 aliphatic rings. The number of hydrogen-bond acceptors (Lipinski definition) is 4. The summed E-state index contributed by atoms with van der Waals surface area (Å²) in [6.45, 7) is 0.402. The second-order valence-corrected chi connectivity index (χ2v) is 4.84. The van der Waals surface area contributed by atoms with E-state index in [-0.39, 0.29) is 0 Å². The Balaban J connectivity index is 1.59. The van der Waals surface area contributed by atoms with Crippen LogP contribution >= 0.6 is 0 Å². The van der Waals surface area contributed by atoms with Crippen molar-refractivity contribution in [2.45, 2.75) is 44.2 Å². The summed E-state index contributed by atoms with van der Waals surface area (Å²) in [5.41, 5.74) is 5.87. The first kappa shape index (κ1) is 10.6. The van der Waals surface area contributed by atoms with E-state index in [0.717, 1.165) is 18.7 Å². The van der Waals surface area contributed by atoms with Crippen molar-refractivity contribution in [2.75, 3.05) is 7.05 Å². The Bertz CT molecular complexity index is 433. The van der Waals surface area contributed by atoms with Crippen LogP contribution in [0.1, 0.15) is 43.3 Å². The lowest BCUT2D eigenvalue weighted by Gasteiger charge is -2.16. The summed E-state index contributed by atoms with van der Waals surface area (Å²) < 4.78 is 5.16. The van der Waals surface area contributed by atoms with E-state index in [1.165, 1.54) is 12.8 Å². The summed E-state index contributed by atoms with van der Waals surface area (Å²) >= 11 is 0. The van der Waals surface area contributed by atoms with E-state index < -0.39 is 0 Å². The van der Waals surface area contributed by atoms with Gasteiger partial charge in [0.2, 0.25) is 5.89 Å². The van der Waals surface area contributed by atoms with Gasteiger partial charge >= 0.3 is 0 Å². The minimum absolute atomic E-state index is 0.402. The molecule has 2 saturated carbocycles. The van der Waals surface area contributed by atoms with Gasteiger partial charge in [0.25, 0.3) is 0 Å². The summed E-state index contributed by atoms with van der Waals surface area (Å²) in [6.07, 6.45) is 4.75. The molecular formula is C11H17N5O. The average molecular weight is 235 g/mol. The molecule has 1 aromatic heterocycles. The molecular weight excluding hydrogens is 218 g/mol. The molecule has 0 aromatic carbocycles. The van der Waals surface area contributed by atoms with Gasteiger partial charge in [-0.15, -0.1) is 0 Å². The van der Waals surface area contributed by atoms with Crippen molar-refractivity contribution < 1.29 is 4.52 Å². The van der Waals surface area contributed by atoms with E-state index >= 15 is 0 Å². The number of hydrogen-bond donors (Lipinski definition) is 1. The molecule has 6 nitrogen and oxygen atoms in total. The van der Waals surface area contributed by atoms with Crippen LogP contribution in [-0.4, -0.2) is 34.1 Å².